The number of halogens is 2. The molecule has 35 heavy (non-hydrogen) atoms. The van der Waals surface area contributed by atoms with Crippen LogP contribution in [0.1, 0.15) is 58.9 Å². The van der Waals surface area contributed by atoms with Crippen molar-refractivity contribution in [1.29, 1.82) is 5.26 Å². The highest BCUT2D eigenvalue weighted by Gasteiger charge is 2.41. The number of amides is 1. The SMILES string of the molecule is C[C@H](Oc1ccc(C#N)cn1)[C@H]1CN(C(=O)c2cnc(C3CC3)nc2)C[C@@H]1c1ccc(Cl)c(Cl)c1. The third kappa shape index (κ3) is 5.09. The average molecular weight is 508 g/mol. The number of pyridine rings is 1. The highest BCUT2D eigenvalue weighted by atomic mass is 35.5. The van der Waals surface area contributed by atoms with E-state index in [4.69, 9.17) is 33.2 Å². The third-order valence-corrected chi connectivity index (χ3v) is 7.40. The quantitative estimate of drug-likeness (QED) is 0.452. The van der Waals surface area contributed by atoms with Crippen LogP contribution in [-0.4, -0.2) is 45.0 Å². The van der Waals surface area contributed by atoms with Gasteiger partial charge in [0.05, 0.1) is 21.2 Å². The standard InChI is InChI=1S/C26H23Cl2N5O2/c1-15(35-24-7-2-16(9-29)10-30-24)20-13-33(14-21(20)18-5-6-22(27)23(28)8-18)26(34)19-11-31-25(32-12-19)17-3-4-17/h2,5-8,10-12,15,17,20-21H,3-4,13-14H2,1H3/t15-,20+,21+/m0/s1. The zero-order chi connectivity index (χ0) is 24.5. The van der Waals surface area contributed by atoms with Crippen LogP contribution >= 0.6 is 23.2 Å². The van der Waals surface area contributed by atoms with Gasteiger partial charge in [0.15, 0.2) is 0 Å². The summed E-state index contributed by atoms with van der Waals surface area (Å²) in [7, 11) is 0. The maximum atomic E-state index is 13.4. The molecule has 0 radical (unpaired) electrons. The van der Waals surface area contributed by atoms with Gasteiger partial charge < -0.3 is 9.64 Å². The van der Waals surface area contributed by atoms with Crippen molar-refractivity contribution in [3.8, 4) is 11.9 Å². The van der Waals surface area contributed by atoms with Gasteiger partial charge in [-0.3, -0.25) is 4.79 Å². The van der Waals surface area contributed by atoms with Crippen LogP contribution in [0.25, 0.3) is 0 Å². The van der Waals surface area contributed by atoms with Gasteiger partial charge >= 0.3 is 0 Å². The van der Waals surface area contributed by atoms with Crippen LogP contribution in [0.2, 0.25) is 10.0 Å². The van der Waals surface area contributed by atoms with Gasteiger partial charge in [0.1, 0.15) is 18.0 Å². The van der Waals surface area contributed by atoms with Crippen LogP contribution in [0.5, 0.6) is 5.88 Å². The van der Waals surface area contributed by atoms with Crippen molar-refractivity contribution in [2.75, 3.05) is 13.1 Å². The molecule has 5 rings (SSSR count). The molecule has 2 fully saturated rings. The number of benzene rings is 1. The molecule has 0 bridgehead atoms. The van der Waals surface area contributed by atoms with Crippen molar-refractivity contribution in [1.82, 2.24) is 19.9 Å². The molecular formula is C26H23Cl2N5O2. The van der Waals surface area contributed by atoms with Crippen molar-refractivity contribution in [3.05, 3.63) is 81.5 Å². The minimum Gasteiger partial charge on any atom is -0.474 e. The predicted molar refractivity (Wildman–Crippen MR) is 132 cm³/mol. The Morgan fingerprint density at radius 3 is 2.49 bits per heavy atom. The van der Waals surface area contributed by atoms with Gasteiger partial charge in [-0.25, -0.2) is 15.0 Å². The molecule has 1 aliphatic heterocycles. The molecule has 1 saturated carbocycles. The van der Waals surface area contributed by atoms with E-state index in [1.165, 1.54) is 6.20 Å². The van der Waals surface area contributed by atoms with Gasteiger partial charge in [-0.15, -0.1) is 0 Å². The Morgan fingerprint density at radius 1 is 1.09 bits per heavy atom. The molecule has 7 nitrogen and oxygen atoms in total. The topological polar surface area (TPSA) is 92.0 Å². The van der Waals surface area contributed by atoms with Crippen molar-refractivity contribution >= 4 is 29.1 Å². The number of nitriles is 1. The van der Waals surface area contributed by atoms with Gasteiger partial charge in [0, 0.05) is 55.5 Å². The van der Waals surface area contributed by atoms with E-state index in [0.717, 1.165) is 24.2 Å². The highest BCUT2D eigenvalue weighted by Crippen LogP contribution is 2.39. The first-order valence-electron chi connectivity index (χ1n) is 11.5. The van der Waals surface area contributed by atoms with Gasteiger partial charge in [-0.2, -0.15) is 5.26 Å². The van der Waals surface area contributed by atoms with Gasteiger partial charge in [0.2, 0.25) is 5.88 Å². The highest BCUT2D eigenvalue weighted by molar-refractivity contribution is 6.42. The number of nitrogens with zero attached hydrogens (tertiary/aromatic N) is 5. The van der Waals surface area contributed by atoms with Crippen molar-refractivity contribution in [3.63, 3.8) is 0 Å². The fourth-order valence-corrected chi connectivity index (χ4v) is 4.85. The molecule has 3 atom stereocenters. The minimum atomic E-state index is -0.263. The van der Waals surface area contributed by atoms with E-state index in [9.17, 15) is 4.79 Å². The lowest BCUT2D eigenvalue weighted by Crippen LogP contribution is -2.32. The number of carbonyl (C=O) groups is 1. The summed E-state index contributed by atoms with van der Waals surface area (Å²) in [6, 6.07) is 11.0. The van der Waals surface area contributed by atoms with Crippen molar-refractivity contribution in [2.45, 2.75) is 37.7 Å². The number of likely N-dealkylation sites (tertiary alicyclic amines) is 1. The van der Waals surface area contributed by atoms with E-state index in [1.54, 1.807) is 30.6 Å². The molecule has 178 valence electrons. The zero-order valence-corrected chi connectivity index (χ0v) is 20.6. The normalized spacial score (nSPS) is 20.3. The second-order valence-electron chi connectivity index (χ2n) is 9.08. The van der Waals surface area contributed by atoms with E-state index in [-0.39, 0.29) is 23.8 Å². The number of hydrogen-bond acceptors (Lipinski definition) is 6. The zero-order valence-electron chi connectivity index (χ0n) is 19.1. The predicted octanol–water partition coefficient (Wildman–Crippen LogP) is 5.25. The van der Waals surface area contributed by atoms with Crippen LogP contribution in [0.15, 0.2) is 48.9 Å². The second-order valence-corrected chi connectivity index (χ2v) is 9.89. The molecule has 0 unspecified atom stereocenters. The van der Waals surface area contributed by atoms with Crippen LogP contribution in [0, 0.1) is 17.2 Å². The molecule has 9 heteroatoms. The summed E-state index contributed by atoms with van der Waals surface area (Å²) in [5.74, 6) is 1.52. The van der Waals surface area contributed by atoms with E-state index in [2.05, 4.69) is 21.0 Å². The smallest absolute Gasteiger partial charge is 0.257 e. The molecule has 1 aromatic carbocycles. The van der Waals surface area contributed by atoms with E-state index >= 15 is 0 Å². The Balaban J connectivity index is 1.38. The maximum Gasteiger partial charge on any atom is 0.257 e. The first-order chi connectivity index (χ1) is 16.9. The summed E-state index contributed by atoms with van der Waals surface area (Å²) in [4.78, 5) is 28.2. The lowest BCUT2D eigenvalue weighted by molar-refractivity contribution is 0.0768. The molecular weight excluding hydrogens is 485 g/mol. The summed E-state index contributed by atoms with van der Waals surface area (Å²) >= 11 is 12.5. The van der Waals surface area contributed by atoms with Crippen molar-refractivity contribution in [2.24, 2.45) is 5.92 Å². The van der Waals surface area contributed by atoms with Crippen LogP contribution in [-0.2, 0) is 0 Å². The molecule has 0 spiro atoms. The Kier molecular flexibility index (Phi) is 6.59. The summed E-state index contributed by atoms with van der Waals surface area (Å²) in [5.41, 5.74) is 1.93. The average Bonchev–Trinajstić information content (AvgIpc) is 3.63. The number of aromatic nitrogens is 3. The molecule has 2 aromatic heterocycles. The minimum absolute atomic E-state index is 0.0197. The molecule has 0 N–H and O–H groups in total. The Labute approximate surface area is 213 Å². The molecule has 3 aromatic rings. The largest absolute Gasteiger partial charge is 0.474 e. The van der Waals surface area contributed by atoms with Gasteiger partial charge in [0.25, 0.3) is 5.91 Å². The fraction of sp³-hybridized carbons (Fsp3) is 0.346. The molecule has 1 saturated heterocycles. The third-order valence-electron chi connectivity index (χ3n) is 6.66. The van der Waals surface area contributed by atoms with Gasteiger partial charge in [-0.05, 0) is 43.5 Å². The van der Waals surface area contributed by atoms with Crippen LogP contribution < -0.4 is 4.74 Å². The molecule has 2 aliphatic rings. The summed E-state index contributed by atoms with van der Waals surface area (Å²) in [6.45, 7) is 2.96. The number of hydrogen-bond donors (Lipinski definition) is 0. The summed E-state index contributed by atoms with van der Waals surface area (Å²) in [6.07, 6.45) is 6.70. The van der Waals surface area contributed by atoms with E-state index in [1.807, 2.05) is 24.0 Å². The van der Waals surface area contributed by atoms with E-state index < -0.39 is 0 Å². The lowest BCUT2D eigenvalue weighted by Gasteiger charge is -2.25. The monoisotopic (exact) mass is 507 g/mol. The Bertz CT molecular complexity index is 1270. The summed E-state index contributed by atoms with van der Waals surface area (Å²) in [5, 5.41) is 9.96. The number of ether oxygens (including phenoxy) is 1. The van der Waals surface area contributed by atoms with E-state index in [0.29, 0.717) is 46.1 Å². The number of carbonyl (C=O) groups excluding carboxylic acids is 1. The maximum absolute atomic E-state index is 13.4. The first-order valence-corrected chi connectivity index (χ1v) is 12.3. The molecule has 1 aliphatic carbocycles. The Morgan fingerprint density at radius 2 is 1.86 bits per heavy atom. The second kappa shape index (κ2) is 9.80. The van der Waals surface area contributed by atoms with Gasteiger partial charge in [-0.1, -0.05) is 29.3 Å². The van der Waals surface area contributed by atoms with Crippen LogP contribution in [0.4, 0.5) is 0 Å². The Hall–Kier alpha value is -3.21. The number of rotatable bonds is 6. The molecule has 3 heterocycles. The van der Waals surface area contributed by atoms with Crippen molar-refractivity contribution < 1.29 is 9.53 Å². The molecule has 1 amide bonds. The first kappa shape index (κ1) is 23.5. The lowest BCUT2D eigenvalue weighted by atomic mass is 9.86. The summed E-state index contributed by atoms with van der Waals surface area (Å²) < 4.78 is 6.14. The van der Waals surface area contributed by atoms with Crippen LogP contribution in [0.3, 0.4) is 0 Å². The fourth-order valence-electron chi connectivity index (χ4n) is 4.54.